The van der Waals surface area contributed by atoms with Gasteiger partial charge in [0.1, 0.15) is 6.54 Å². The molecule has 0 spiro atoms. The molecule has 1 aliphatic rings. The maximum absolute atomic E-state index is 12.2. The zero-order valence-electron chi connectivity index (χ0n) is 15.0. The molecule has 0 saturated heterocycles. The molecule has 8 heteroatoms. The van der Waals surface area contributed by atoms with Crippen molar-refractivity contribution >= 4 is 18.3 Å². The van der Waals surface area contributed by atoms with E-state index in [-0.39, 0.29) is 24.9 Å². The number of carbonyl (C=O) groups is 1. The van der Waals surface area contributed by atoms with Gasteiger partial charge >= 0.3 is 0 Å². The molecular weight excluding hydrogens is 364 g/mol. The lowest BCUT2D eigenvalue weighted by molar-refractivity contribution is -0.122. The smallest absolute Gasteiger partial charge is 0.243 e. The van der Waals surface area contributed by atoms with E-state index in [4.69, 9.17) is 0 Å². The molecule has 3 aromatic rings. The molecule has 0 saturated carbocycles. The lowest BCUT2D eigenvalue weighted by Crippen LogP contribution is -2.28. The zero-order valence-corrected chi connectivity index (χ0v) is 15.8. The van der Waals surface area contributed by atoms with Gasteiger partial charge in [0.25, 0.3) is 0 Å². The van der Waals surface area contributed by atoms with Gasteiger partial charge in [0.15, 0.2) is 0 Å². The van der Waals surface area contributed by atoms with Crippen LogP contribution >= 0.6 is 12.4 Å². The molecule has 0 aliphatic carbocycles. The molecule has 0 radical (unpaired) electrons. The largest absolute Gasteiger partial charge is 0.350 e. The Bertz CT molecular complexity index is 938. The Kier molecular flexibility index (Phi) is 5.83. The number of fused-ring (bicyclic) bond motifs is 1. The molecule has 1 aromatic heterocycles. The number of tetrazole rings is 1. The van der Waals surface area contributed by atoms with Crippen LogP contribution in [-0.4, -0.2) is 26.1 Å². The van der Waals surface area contributed by atoms with Crippen LogP contribution < -0.4 is 10.6 Å². The van der Waals surface area contributed by atoms with E-state index < -0.39 is 0 Å². The van der Waals surface area contributed by atoms with E-state index in [1.165, 1.54) is 21.5 Å². The molecular formula is C19H21ClN6O. The highest BCUT2D eigenvalue weighted by Gasteiger charge is 2.12. The van der Waals surface area contributed by atoms with Crippen LogP contribution in [0.15, 0.2) is 42.5 Å². The van der Waals surface area contributed by atoms with Gasteiger partial charge in [-0.3, -0.25) is 4.79 Å². The minimum Gasteiger partial charge on any atom is -0.350 e. The highest BCUT2D eigenvalue weighted by molar-refractivity contribution is 5.85. The molecule has 2 aromatic carbocycles. The van der Waals surface area contributed by atoms with Gasteiger partial charge in [-0.05, 0) is 28.8 Å². The van der Waals surface area contributed by atoms with E-state index in [9.17, 15) is 4.79 Å². The van der Waals surface area contributed by atoms with Crippen molar-refractivity contribution in [3.63, 3.8) is 0 Å². The molecule has 0 atom stereocenters. The molecule has 0 unspecified atom stereocenters. The Morgan fingerprint density at radius 3 is 2.74 bits per heavy atom. The topological polar surface area (TPSA) is 84.7 Å². The molecule has 140 valence electrons. The fourth-order valence-electron chi connectivity index (χ4n) is 2.97. The molecule has 1 aliphatic heterocycles. The Balaban J connectivity index is 0.00000210. The predicted octanol–water partition coefficient (Wildman–Crippen LogP) is 1.99. The SMILES string of the molecule is Cc1ccc(-c2nnn(CC(=O)NCc3ccc4c(c3)CNC4)n2)cc1.Cl. The second kappa shape index (κ2) is 8.28. The fraction of sp³-hybridized carbons (Fsp3) is 0.263. The summed E-state index contributed by atoms with van der Waals surface area (Å²) < 4.78 is 0. The normalized spacial score (nSPS) is 12.3. The first-order valence-corrected chi connectivity index (χ1v) is 8.60. The van der Waals surface area contributed by atoms with Crippen molar-refractivity contribution in [3.8, 4) is 11.4 Å². The summed E-state index contributed by atoms with van der Waals surface area (Å²) in [4.78, 5) is 13.5. The van der Waals surface area contributed by atoms with Crippen molar-refractivity contribution in [3.05, 3.63) is 64.7 Å². The summed E-state index contributed by atoms with van der Waals surface area (Å²) in [7, 11) is 0. The predicted molar refractivity (Wildman–Crippen MR) is 104 cm³/mol. The van der Waals surface area contributed by atoms with Crippen LogP contribution in [0.4, 0.5) is 0 Å². The Labute approximate surface area is 163 Å². The highest BCUT2D eigenvalue weighted by Crippen LogP contribution is 2.17. The molecule has 0 bridgehead atoms. The van der Waals surface area contributed by atoms with E-state index in [1.54, 1.807) is 0 Å². The van der Waals surface area contributed by atoms with Gasteiger partial charge in [-0.15, -0.1) is 22.6 Å². The number of hydrogen-bond acceptors (Lipinski definition) is 5. The van der Waals surface area contributed by atoms with Gasteiger partial charge in [0, 0.05) is 25.2 Å². The molecule has 0 fully saturated rings. The number of carbonyl (C=O) groups excluding carboxylic acids is 1. The Hall–Kier alpha value is -2.77. The Morgan fingerprint density at radius 1 is 1.15 bits per heavy atom. The van der Waals surface area contributed by atoms with Crippen molar-refractivity contribution in [1.82, 2.24) is 30.8 Å². The summed E-state index contributed by atoms with van der Waals surface area (Å²) in [5, 5.41) is 18.5. The van der Waals surface area contributed by atoms with Gasteiger partial charge in [-0.2, -0.15) is 4.80 Å². The first-order chi connectivity index (χ1) is 12.7. The highest BCUT2D eigenvalue weighted by atomic mass is 35.5. The van der Waals surface area contributed by atoms with Crippen LogP contribution in [0, 0.1) is 6.92 Å². The van der Waals surface area contributed by atoms with Gasteiger partial charge < -0.3 is 10.6 Å². The first-order valence-electron chi connectivity index (χ1n) is 8.60. The number of hydrogen-bond donors (Lipinski definition) is 2. The van der Waals surface area contributed by atoms with Crippen LogP contribution in [0.1, 0.15) is 22.3 Å². The van der Waals surface area contributed by atoms with Crippen molar-refractivity contribution in [2.75, 3.05) is 0 Å². The lowest BCUT2D eigenvalue weighted by atomic mass is 10.1. The Morgan fingerprint density at radius 2 is 1.93 bits per heavy atom. The summed E-state index contributed by atoms with van der Waals surface area (Å²) in [6.07, 6.45) is 0. The van der Waals surface area contributed by atoms with Gasteiger partial charge in [0.2, 0.25) is 11.7 Å². The van der Waals surface area contributed by atoms with Crippen LogP contribution in [-0.2, 0) is 31.0 Å². The van der Waals surface area contributed by atoms with Crippen LogP contribution in [0.3, 0.4) is 0 Å². The number of nitrogens with zero attached hydrogens (tertiary/aromatic N) is 4. The van der Waals surface area contributed by atoms with Crippen molar-refractivity contribution < 1.29 is 4.79 Å². The number of amides is 1. The third-order valence-electron chi connectivity index (χ3n) is 4.44. The molecule has 2 N–H and O–H groups in total. The van der Waals surface area contributed by atoms with Crippen LogP contribution in [0.25, 0.3) is 11.4 Å². The van der Waals surface area contributed by atoms with Crippen LogP contribution in [0.5, 0.6) is 0 Å². The quantitative estimate of drug-likeness (QED) is 0.702. The van der Waals surface area contributed by atoms with E-state index in [0.717, 1.165) is 24.2 Å². The van der Waals surface area contributed by atoms with E-state index in [1.807, 2.05) is 31.2 Å². The van der Waals surface area contributed by atoms with Crippen molar-refractivity contribution in [1.29, 1.82) is 0 Å². The van der Waals surface area contributed by atoms with Crippen LogP contribution in [0.2, 0.25) is 0 Å². The zero-order chi connectivity index (χ0) is 17.9. The summed E-state index contributed by atoms with van der Waals surface area (Å²) in [5.74, 6) is 0.375. The van der Waals surface area contributed by atoms with Gasteiger partial charge in [0.05, 0.1) is 0 Å². The third kappa shape index (κ3) is 4.50. The van der Waals surface area contributed by atoms with Gasteiger partial charge in [-0.1, -0.05) is 48.0 Å². The van der Waals surface area contributed by atoms with Crippen molar-refractivity contribution in [2.24, 2.45) is 0 Å². The second-order valence-corrected chi connectivity index (χ2v) is 6.49. The monoisotopic (exact) mass is 384 g/mol. The summed E-state index contributed by atoms with van der Waals surface area (Å²) >= 11 is 0. The molecule has 7 nitrogen and oxygen atoms in total. The van der Waals surface area contributed by atoms with Gasteiger partial charge in [-0.25, -0.2) is 0 Å². The van der Waals surface area contributed by atoms with E-state index >= 15 is 0 Å². The number of aromatic nitrogens is 4. The fourth-order valence-corrected chi connectivity index (χ4v) is 2.97. The number of halogens is 1. The average Bonchev–Trinajstić information content (AvgIpc) is 3.29. The maximum atomic E-state index is 12.2. The molecule has 1 amide bonds. The second-order valence-electron chi connectivity index (χ2n) is 6.49. The lowest BCUT2D eigenvalue weighted by Gasteiger charge is -2.06. The molecule has 2 heterocycles. The summed E-state index contributed by atoms with van der Waals surface area (Å²) in [6, 6.07) is 14.2. The maximum Gasteiger partial charge on any atom is 0.243 e. The number of nitrogens with one attached hydrogen (secondary N) is 2. The number of benzene rings is 2. The summed E-state index contributed by atoms with van der Waals surface area (Å²) in [6.45, 7) is 4.37. The van der Waals surface area contributed by atoms with E-state index in [0.29, 0.717) is 12.4 Å². The van der Waals surface area contributed by atoms with Crippen molar-refractivity contribution in [2.45, 2.75) is 33.1 Å². The minimum atomic E-state index is -0.142. The summed E-state index contributed by atoms with van der Waals surface area (Å²) in [5.41, 5.74) is 5.78. The minimum absolute atomic E-state index is 0. The first kappa shape index (κ1) is 19.0. The number of aryl methyl sites for hydroxylation is 1. The third-order valence-corrected chi connectivity index (χ3v) is 4.44. The molecule has 27 heavy (non-hydrogen) atoms. The number of rotatable bonds is 5. The van der Waals surface area contributed by atoms with E-state index in [2.05, 4.69) is 44.2 Å². The standard InChI is InChI=1S/C19H20N6O.ClH/c1-13-2-5-15(6-3-13)19-22-24-25(23-19)12-18(26)21-9-14-4-7-16-10-20-11-17(16)8-14;/h2-8,20H,9-12H2,1H3,(H,21,26);1H. The molecule has 4 rings (SSSR count). The average molecular weight is 385 g/mol.